The van der Waals surface area contributed by atoms with Crippen molar-refractivity contribution in [3.8, 4) is 0 Å². The van der Waals surface area contributed by atoms with E-state index in [1.54, 1.807) is 11.2 Å². The number of aliphatic carboxylic acids is 1. The molecule has 0 bridgehead atoms. The van der Waals surface area contributed by atoms with Gasteiger partial charge in [0.25, 0.3) is 0 Å². The second-order valence-electron chi connectivity index (χ2n) is 4.66. The summed E-state index contributed by atoms with van der Waals surface area (Å²) >= 11 is 0. The monoisotopic (exact) mass is 233 g/mol. The van der Waals surface area contributed by atoms with Crippen LogP contribution in [0.3, 0.4) is 0 Å². The van der Waals surface area contributed by atoms with Crippen LogP contribution < -0.4 is 0 Å². The molecule has 1 heterocycles. The minimum absolute atomic E-state index is 0.0566. The normalized spacial score (nSPS) is 30.4. The highest BCUT2D eigenvalue weighted by atomic mass is 32.2. The summed E-state index contributed by atoms with van der Waals surface area (Å²) < 4.78 is 13.6. The van der Waals surface area contributed by atoms with E-state index in [-0.39, 0.29) is 5.25 Å². The zero-order valence-corrected chi connectivity index (χ0v) is 10.3. The molecule has 0 radical (unpaired) electrons. The Morgan fingerprint density at radius 1 is 1.53 bits per heavy atom. The van der Waals surface area contributed by atoms with Crippen molar-refractivity contribution in [1.29, 1.82) is 0 Å². The van der Waals surface area contributed by atoms with Gasteiger partial charge in [-0.2, -0.15) is 0 Å². The number of carboxylic acids is 1. The average molecular weight is 233 g/mol. The first kappa shape index (κ1) is 12.6. The molecular formula is C10H19NO3S. The standard InChI is InChI=1S/C10H19NO3S/c1-8(2)15(14)11-6-4-5-10(3,7-11)9(12)13/h8H,4-7H2,1-3H3,(H,12,13). The topological polar surface area (TPSA) is 57.6 Å². The van der Waals surface area contributed by atoms with E-state index in [1.165, 1.54) is 0 Å². The summed E-state index contributed by atoms with van der Waals surface area (Å²) in [5.74, 6) is -0.784. The molecule has 1 N–H and O–H groups in total. The zero-order chi connectivity index (χ0) is 11.6. The number of carbonyl (C=O) groups is 1. The smallest absolute Gasteiger partial charge is 0.310 e. The van der Waals surface area contributed by atoms with Crippen LogP contribution >= 0.6 is 0 Å². The fourth-order valence-electron chi connectivity index (χ4n) is 1.82. The van der Waals surface area contributed by atoms with E-state index in [0.717, 1.165) is 13.0 Å². The fraction of sp³-hybridized carbons (Fsp3) is 0.900. The summed E-state index contributed by atoms with van der Waals surface area (Å²) in [6, 6.07) is 0. The van der Waals surface area contributed by atoms with Gasteiger partial charge in [0.05, 0.1) is 16.4 Å². The van der Waals surface area contributed by atoms with Crippen LogP contribution in [-0.4, -0.2) is 37.9 Å². The molecule has 1 saturated heterocycles. The summed E-state index contributed by atoms with van der Waals surface area (Å²) in [6.45, 7) is 6.66. The maximum absolute atomic E-state index is 11.9. The van der Waals surface area contributed by atoms with Gasteiger partial charge in [-0.3, -0.25) is 4.79 Å². The number of nitrogens with zero attached hydrogens (tertiary/aromatic N) is 1. The van der Waals surface area contributed by atoms with Crippen molar-refractivity contribution in [2.24, 2.45) is 5.41 Å². The minimum atomic E-state index is -1.05. The van der Waals surface area contributed by atoms with Crippen LogP contribution in [0.5, 0.6) is 0 Å². The molecule has 15 heavy (non-hydrogen) atoms. The van der Waals surface area contributed by atoms with E-state index >= 15 is 0 Å². The molecule has 2 unspecified atom stereocenters. The Balaban J connectivity index is 2.72. The highest BCUT2D eigenvalue weighted by molar-refractivity contribution is 7.83. The van der Waals surface area contributed by atoms with Crippen LogP contribution in [0.1, 0.15) is 33.6 Å². The minimum Gasteiger partial charge on any atom is -0.481 e. The summed E-state index contributed by atoms with van der Waals surface area (Å²) in [5.41, 5.74) is -0.733. The van der Waals surface area contributed by atoms with Gasteiger partial charge in [0.15, 0.2) is 0 Å². The molecule has 1 rings (SSSR count). The highest BCUT2D eigenvalue weighted by Gasteiger charge is 2.39. The molecular weight excluding hydrogens is 214 g/mol. The number of hydrogen-bond acceptors (Lipinski definition) is 2. The quantitative estimate of drug-likeness (QED) is 0.798. The molecule has 1 aliphatic rings. The van der Waals surface area contributed by atoms with E-state index < -0.39 is 22.4 Å². The third kappa shape index (κ3) is 2.78. The van der Waals surface area contributed by atoms with Crippen LogP contribution in [-0.2, 0) is 15.8 Å². The Morgan fingerprint density at radius 3 is 2.60 bits per heavy atom. The van der Waals surface area contributed by atoms with Crippen molar-refractivity contribution in [3.63, 3.8) is 0 Å². The Kier molecular flexibility index (Phi) is 3.89. The first-order valence-electron chi connectivity index (χ1n) is 5.26. The van der Waals surface area contributed by atoms with Gasteiger partial charge < -0.3 is 5.11 Å². The number of piperidine rings is 1. The van der Waals surface area contributed by atoms with E-state index in [1.807, 2.05) is 13.8 Å². The third-order valence-electron chi connectivity index (χ3n) is 2.84. The van der Waals surface area contributed by atoms with E-state index in [4.69, 9.17) is 5.11 Å². The second-order valence-corrected chi connectivity index (χ2v) is 6.67. The molecule has 0 saturated carbocycles. The number of hydrogen-bond donors (Lipinski definition) is 1. The predicted molar refractivity (Wildman–Crippen MR) is 59.8 cm³/mol. The molecule has 0 aliphatic carbocycles. The van der Waals surface area contributed by atoms with E-state index in [0.29, 0.717) is 13.0 Å². The Bertz CT molecular complexity index is 280. The molecule has 0 aromatic rings. The van der Waals surface area contributed by atoms with Crippen molar-refractivity contribution in [2.75, 3.05) is 13.1 Å². The predicted octanol–water partition coefficient (Wildman–Crippen LogP) is 1.25. The Morgan fingerprint density at radius 2 is 2.13 bits per heavy atom. The van der Waals surface area contributed by atoms with Crippen LogP contribution in [0.4, 0.5) is 0 Å². The third-order valence-corrected chi connectivity index (χ3v) is 4.46. The Hall–Kier alpha value is -0.420. The fourth-order valence-corrected chi connectivity index (χ4v) is 3.14. The maximum Gasteiger partial charge on any atom is 0.310 e. The molecule has 1 aliphatic heterocycles. The zero-order valence-electron chi connectivity index (χ0n) is 9.52. The average Bonchev–Trinajstić information content (AvgIpc) is 2.16. The van der Waals surface area contributed by atoms with E-state index in [2.05, 4.69) is 0 Å². The van der Waals surface area contributed by atoms with Gasteiger partial charge >= 0.3 is 5.97 Å². The first-order chi connectivity index (χ1) is 6.87. The lowest BCUT2D eigenvalue weighted by atomic mass is 9.83. The Labute approximate surface area is 93.2 Å². The molecule has 0 spiro atoms. The lowest BCUT2D eigenvalue weighted by molar-refractivity contribution is -0.149. The van der Waals surface area contributed by atoms with Gasteiger partial charge in [-0.1, -0.05) is 0 Å². The van der Waals surface area contributed by atoms with Crippen molar-refractivity contribution in [3.05, 3.63) is 0 Å². The van der Waals surface area contributed by atoms with Gasteiger partial charge in [0, 0.05) is 18.3 Å². The highest BCUT2D eigenvalue weighted by Crippen LogP contribution is 2.30. The van der Waals surface area contributed by atoms with Crippen LogP contribution in [0, 0.1) is 5.41 Å². The molecule has 88 valence electrons. The number of carboxylic acid groups (broad SMARTS) is 1. The van der Waals surface area contributed by atoms with Crippen molar-refractivity contribution in [1.82, 2.24) is 4.31 Å². The largest absolute Gasteiger partial charge is 0.481 e. The summed E-state index contributed by atoms with van der Waals surface area (Å²) in [7, 11) is -1.05. The molecule has 0 aromatic carbocycles. The van der Waals surface area contributed by atoms with Gasteiger partial charge in [0.1, 0.15) is 0 Å². The summed E-state index contributed by atoms with van der Waals surface area (Å²) in [4.78, 5) is 11.1. The summed E-state index contributed by atoms with van der Waals surface area (Å²) in [5, 5.41) is 9.17. The summed E-state index contributed by atoms with van der Waals surface area (Å²) in [6.07, 6.45) is 1.48. The number of rotatable bonds is 3. The van der Waals surface area contributed by atoms with Gasteiger partial charge in [-0.15, -0.1) is 0 Å². The molecule has 5 heteroatoms. The molecule has 0 amide bonds. The van der Waals surface area contributed by atoms with Crippen LogP contribution in [0.2, 0.25) is 0 Å². The van der Waals surface area contributed by atoms with Crippen molar-refractivity contribution in [2.45, 2.75) is 38.9 Å². The second kappa shape index (κ2) is 4.61. The lowest BCUT2D eigenvalue weighted by Gasteiger charge is -2.37. The first-order valence-corrected chi connectivity index (χ1v) is 6.43. The van der Waals surface area contributed by atoms with Crippen LogP contribution in [0.15, 0.2) is 0 Å². The van der Waals surface area contributed by atoms with Gasteiger partial charge in [0.2, 0.25) is 0 Å². The lowest BCUT2D eigenvalue weighted by Crippen LogP contribution is -2.47. The van der Waals surface area contributed by atoms with Crippen molar-refractivity contribution >= 4 is 17.0 Å². The maximum atomic E-state index is 11.9. The molecule has 4 nitrogen and oxygen atoms in total. The van der Waals surface area contributed by atoms with Crippen molar-refractivity contribution < 1.29 is 14.1 Å². The van der Waals surface area contributed by atoms with Gasteiger partial charge in [-0.05, 0) is 33.6 Å². The van der Waals surface area contributed by atoms with Crippen LogP contribution in [0.25, 0.3) is 0 Å². The van der Waals surface area contributed by atoms with Gasteiger partial charge in [-0.25, -0.2) is 8.51 Å². The SMILES string of the molecule is CC(C)S(=O)N1CCCC(C)(C(=O)O)C1. The molecule has 1 fully saturated rings. The molecule has 2 atom stereocenters. The van der Waals surface area contributed by atoms with E-state index in [9.17, 15) is 9.00 Å². The molecule has 0 aromatic heterocycles.